The summed E-state index contributed by atoms with van der Waals surface area (Å²) < 4.78 is 2.16. The Labute approximate surface area is 130 Å². The first-order valence-corrected chi connectivity index (χ1v) is 8.79. The summed E-state index contributed by atoms with van der Waals surface area (Å²) >= 11 is 0. The van der Waals surface area contributed by atoms with E-state index in [2.05, 4.69) is 48.6 Å². The Balaban J connectivity index is 1.77. The summed E-state index contributed by atoms with van der Waals surface area (Å²) in [5.74, 6) is 2.19. The Kier molecular flexibility index (Phi) is 6.28. The second-order valence-corrected chi connectivity index (χ2v) is 7.50. The number of nitrogens with zero attached hydrogens (tertiary/aromatic N) is 3. The molecule has 0 saturated carbocycles. The molecule has 2 heterocycles. The van der Waals surface area contributed by atoms with Gasteiger partial charge in [0.05, 0.1) is 6.20 Å². The smallest absolute Gasteiger partial charge is 0.0524 e. The highest BCUT2D eigenvalue weighted by Crippen LogP contribution is 2.20. The van der Waals surface area contributed by atoms with Gasteiger partial charge in [0.15, 0.2) is 0 Å². The lowest BCUT2D eigenvalue weighted by molar-refractivity contribution is 0.156. The summed E-state index contributed by atoms with van der Waals surface area (Å²) in [4.78, 5) is 2.67. The highest BCUT2D eigenvalue weighted by atomic mass is 15.3. The van der Waals surface area contributed by atoms with Crippen LogP contribution in [-0.4, -0.2) is 34.3 Å². The first-order chi connectivity index (χ1) is 10.0. The van der Waals surface area contributed by atoms with E-state index in [0.29, 0.717) is 5.92 Å². The lowest BCUT2D eigenvalue weighted by Crippen LogP contribution is -2.37. The molecule has 1 aliphatic rings. The molecule has 1 fully saturated rings. The minimum Gasteiger partial charge on any atom is -0.303 e. The minimum atomic E-state index is 0.581. The highest BCUT2D eigenvalue weighted by molar-refractivity contribution is 5.08. The molecule has 21 heavy (non-hydrogen) atoms. The van der Waals surface area contributed by atoms with Crippen molar-refractivity contribution in [3.63, 3.8) is 0 Å². The second-order valence-electron chi connectivity index (χ2n) is 7.50. The van der Waals surface area contributed by atoms with E-state index in [9.17, 15) is 0 Å². The summed E-state index contributed by atoms with van der Waals surface area (Å²) in [5, 5.41) is 4.54. The maximum absolute atomic E-state index is 4.54. The average molecular weight is 291 g/mol. The predicted octanol–water partition coefficient (Wildman–Crippen LogP) is 4.15. The first-order valence-electron chi connectivity index (χ1n) is 8.79. The standard InChI is InChI=1S/C18H33N3/c1-15(2)7-5-9-20-10-6-8-17(12-20)13-21-14-18(11-19-21)16(3)4/h11,14-17H,5-10,12-13H2,1-4H3/t17-/m1/s1. The van der Waals surface area contributed by atoms with Crippen LogP contribution in [0.15, 0.2) is 12.4 Å². The zero-order valence-corrected chi connectivity index (χ0v) is 14.4. The van der Waals surface area contributed by atoms with Gasteiger partial charge in [-0.25, -0.2) is 0 Å². The Bertz CT molecular complexity index is 408. The van der Waals surface area contributed by atoms with Crippen LogP contribution in [0.2, 0.25) is 0 Å². The van der Waals surface area contributed by atoms with Crippen molar-refractivity contribution in [1.29, 1.82) is 0 Å². The fourth-order valence-corrected chi connectivity index (χ4v) is 3.27. The van der Waals surface area contributed by atoms with Crippen LogP contribution in [0.5, 0.6) is 0 Å². The molecular formula is C18H33N3. The third-order valence-corrected chi connectivity index (χ3v) is 4.62. The lowest BCUT2D eigenvalue weighted by Gasteiger charge is -2.32. The van der Waals surface area contributed by atoms with E-state index >= 15 is 0 Å². The van der Waals surface area contributed by atoms with Crippen LogP contribution in [0.3, 0.4) is 0 Å². The topological polar surface area (TPSA) is 21.1 Å². The van der Waals surface area contributed by atoms with E-state index in [1.54, 1.807) is 0 Å². The molecule has 1 aromatic heterocycles. The van der Waals surface area contributed by atoms with Gasteiger partial charge in [-0.2, -0.15) is 5.10 Å². The fraction of sp³-hybridized carbons (Fsp3) is 0.833. The molecule has 3 heteroatoms. The molecule has 120 valence electrons. The SMILES string of the molecule is CC(C)CCCN1CCC[C@@H](Cn2cc(C(C)C)cn2)C1. The second kappa shape index (κ2) is 7.98. The van der Waals surface area contributed by atoms with E-state index in [1.165, 1.54) is 50.9 Å². The van der Waals surface area contributed by atoms with Gasteiger partial charge in [-0.15, -0.1) is 0 Å². The van der Waals surface area contributed by atoms with Crippen LogP contribution in [0.1, 0.15) is 64.9 Å². The highest BCUT2D eigenvalue weighted by Gasteiger charge is 2.20. The van der Waals surface area contributed by atoms with Crippen LogP contribution in [0.25, 0.3) is 0 Å². The molecule has 0 radical (unpaired) electrons. The Morgan fingerprint density at radius 2 is 2.10 bits per heavy atom. The van der Waals surface area contributed by atoms with Gasteiger partial charge in [0.25, 0.3) is 0 Å². The summed E-state index contributed by atoms with van der Waals surface area (Å²) in [6.45, 7) is 14.0. The maximum Gasteiger partial charge on any atom is 0.0524 e. The van der Waals surface area contributed by atoms with Crippen molar-refractivity contribution in [2.24, 2.45) is 11.8 Å². The van der Waals surface area contributed by atoms with Crippen LogP contribution in [-0.2, 0) is 6.54 Å². The lowest BCUT2D eigenvalue weighted by atomic mass is 9.97. The Hall–Kier alpha value is -0.830. The van der Waals surface area contributed by atoms with Crippen molar-refractivity contribution in [3.05, 3.63) is 18.0 Å². The molecule has 0 aromatic carbocycles. The van der Waals surface area contributed by atoms with Crippen molar-refractivity contribution in [2.75, 3.05) is 19.6 Å². The van der Waals surface area contributed by atoms with Gasteiger partial charge in [0, 0.05) is 19.3 Å². The minimum absolute atomic E-state index is 0.581. The van der Waals surface area contributed by atoms with Gasteiger partial charge in [-0.1, -0.05) is 27.7 Å². The molecular weight excluding hydrogens is 258 g/mol. The van der Waals surface area contributed by atoms with Gasteiger partial charge in [-0.3, -0.25) is 4.68 Å². The van der Waals surface area contributed by atoms with Crippen molar-refractivity contribution in [3.8, 4) is 0 Å². The number of hydrogen-bond donors (Lipinski definition) is 0. The zero-order valence-electron chi connectivity index (χ0n) is 14.4. The van der Waals surface area contributed by atoms with Crippen molar-refractivity contribution >= 4 is 0 Å². The quantitative estimate of drug-likeness (QED) is 0.752. The average Bonchev–Trinajstić information content (AvgIpc) is 2.87. The van der Waals surface area contributed by atoms with Crippen molar-refractivity contribution < 1.29 is 0 Å². The van der Waals surface area contributed by atoms with Crippen molar-refractivity contribution in [1.82, 2.24) is 14.7 Å². The van der Waals surface area contributed by atoms with Gasteiger partial charge in [-0.05, 0) is 62.1 Å². The Morgan fingerprint density at radius 3 is 2.76 bits per heavy atom. The largest absolute Gasteiger partial charge is 0.303 e. The van der Waals surface area contributed by atoms with E-state index in [-0.39, 0.29) is 0 Å². The summed E-state index contributed by atoms with van der Waals surface area (Å²) in [6.07, 6.45) is 9.69. The molecule has 0 unspecified atom stereocenters. The molecule has 0 bridgehead atoms. The molecule has 0 amide bonds. The van der Waals surface area contributed by atoms with E-state index < -0.39 is 0 Å². The molecule has 1 aromatic rings. The zero-order chi connectivity index (χ0) is 15.2. The molecule has 1 saturated heterocycles. The van der Waals surface area contributed by atoms with Crippen molar-refractivity contribution in [2.45, 2.75) is 65.8 Å². The summed E-state index contributed by atoms with van der Waals surface area (Å²) in [6, 6.07) is 0. The van der Waals surface area contributed by atoms with Crippen LogP contribution in [0.4, 0.5) is 0 Å². The molecule has 1 atom stereocenters. The summed E-state index contributed by atoms with van der Waals surface area (Å²) in [7, 11) is 0. The monoisotopic (exact) mass is 291 g/mol. The molecule has 1 aliphatic heterocycles. The third-order valence-electron chi connectivity index (χ3n) is 4.62. The maximum atomic E-state index is 4.54. The number of aromatic nitrogens is 2. The van der Waals surface area contributed by atoms with E-state index in [1.807, 2.05) is 6.20 Å². The van der Waals surface area contributed by atoms with E-state index in [4.69, 9.17) is 0 Å². The molecule has 0 aliphatic carbocycles. The van der Waals surface area contributed by atoms with Gasteiger partial charge in [0.1, 0.15) is 0 Å². The first kappa shape index (κ1) is 16.5. The predicted molar refractivity (Wildman–Crippen MR) is 89.6 cm³/mol. The number of likely N-dealkylation sites (tertiary alicyclic amines) is 1. The molecule has 0 N–H and O–H groups in total. The third kappa shape index (κ3) is 5.46. The molecule has 2 rings (SSSR count). The van der Waals surface area contributed by atoms with Gasteiger partial charge < -0.3 is 4.90 Å². The summed E-state index contributed by atoms with van der Waals surface area (Å²) in [5.41, 5.74) is 1.36. The number of hydrogen-bond acceptors (Lipinski definition) is 2. The van der Waals surface area contributed by atoms with E-state index in [0.717, 1.165) is 18.4 Å². The normalized spacial score (nSPS) is 20.6. The van der Waals surface area contributed by atoms with Crippen LogP contribution in [0, 0.1) is 11.8 Å². The molecule has 0 spiro atoms. The van der Waals surface area contributed by atoms with Crippen LogP contribution >= 0.6 is 0 Å². The van der Waals surface area contributed by atoms with Gasteiger partial charge >= 0.3 is 0 Å². The number of rotatable bonds is 7. The fourth-order valence-electron chi connectivity index (χ4n) is 3.27. The van der Waals surface area contributed by atoms with Gasteiger partial charge in [0.2, 0.25) is 0 Å². The van der Waals surface area contributed by atoms with Crippen LogP contribution < -0.4 is 0 Å². The Morgan fingerprint density at radius 1 is 1.29 bits per heavy atom. The number of piperidine rings is 1. The molecule has 3 nitrogen and oxygen atoms in total.